The average Bonchev–Trinajstić information content (AvgIpc) is 2.59. The molecule has 110 valence electrons. The first-order valence-electron chi connectivity index (χ1n) is 7.34. The summed E-state index contributed by atoms with van der Waals surface area (Å²) in [7, 11) is 0. The fraction of sp³-hybridized carbons (Fsp3) is 0.100. The molecule has 22 heavy (non-hydrogen) atoms. The number of hydrogen-bond donors (Lipinski definition) is 0. The van der Waals surface area contributed by atoms with Crippen molar-refractivity contribution in [1.29, 1.82) is 5.26 Å². The van der Waals surface area contributed by atoms with E-state index in [1.54, 1.807) is 0 Å². The van der Waals surface area contributed by atoms with Gasteiger partial charge in [-0.1, -0.05) is 85.0 Å². The molecule has 0 atom stereocenters. The van der Waals surface area contributed by atoms with Crippen LogP contribution in [-0.4, -0.2) is 12.0 Å². The molecule has 2 rings (SSSR count). The zero-order chi connectivity index (χ0) is 15.7. The van der Waals surface area contributed by atoms with Gasteiger partial charge in [-0.25, -0.2) is 0 Å². The lowest BCUT2D eigenvalue weighted by molar-refractivity contribution is 1.56. The quantitative estimate of drug-likeness (QED) is 0.602. The summed E-state index contributed by atoms with van der Waals surface area (Å²) in [6, 6.07) is 23.1. The fourth-order valence-corrected chi connectivity index (χ4v) is 5.65. The summed E-state index contributed by atoms with van der Waals surface area (Å²) >= 11 is 0. The lowest BCUT2D eigenvalue weighted by Crippen LogP contribution is -2.19. The summed E-state index contributed by atoms with van der Waals surface area (Å²) in [6.45, 7) is 0.155. The Morgan fingerprint density at radius 2 is 1.45 bits per heavy atom. The maximum Gasteiger partial charge on any atom is 0.0920 e. The van der Waals surface area contributed by atoms with Crippen LogP contribution >= 0.6 is 6.89 Å². The average molecular weight is 305 g/mol. The summed E-state index contributed by atoms with van der Waals surface area (Å²) in [5.74, 6) is 1.86. The van der Waals surface area contributed by atoms with Crippen LogP contribution in [0.25, 0.3) is 0 Å². The van der Waals surface area contributed by atoms with Crippen LogP contribution in [0.2, 0.25) is 0 Å². The number of hydrogen-bond acceptors (Lipinski definition) is 1. The van der Waals surface area contributed by atoms with Gasteiger partial charge in [0, 0.05) is 5.80 Å². The first-order valence-corrected chi connectivity index (χ1v) is 9.38. The molecule has 2 aromatic carbocycles. The number of benzene rings is 2. The zero-order valence-electron chi connectivity index (χ0n) is 12.8. The lowest BCUT2D eigenvalue weighted by Gasteiger charge is -2.25. The monoisotopic (exact) mass is 305 g/mol. The second-order valence-corrected chi connectivity index (χ2v) is 8.33. The Bertz CT molecular complexity index is 691. The van der Waals surface area contributed by atoms with E-state index in [0.29, 0.717) is 0 Å². The standard InChI is InChI=1S/C20H20NP/c1-2-3-4-11-17-22(18-16-21,19-12-7-5-8-13-19)20-14-9-6-10-15-20/h2-15,18H,17H2,1H3/b3-2-,11-4-. The maximum atomic E-state index is 9.41. The molecule has 0 aliphatic rings. The van der Waals surface area contributed by atoms with Crippen molar-refractivity contribution in [3.05, 3.63) is 85.0 Å². The summed E-state index contributed by atoms with van der Waals surface area (Å²) in [6.07, 6.45) is 9.12. The lowest BCUT2D eigenvalue weighted by atomic mass is 10.4. The third-order valence-electron chi connectivity index (χ3n) is 3.55. The van der Waals surface area contributed by atoms with E-state index in [1.165, 1.54) is 10.6 Å². The van der Waals surface area contributed by atoms with Gasteiger partial charge in [0.25, 0.3) is 0 Å². The second-order valence-electron chi connectivity index (χ2n) is 4.93. The Morgan fingerprint density at radius 1 is 0.909 bits per heavy atom. The highest BCUT2D eigenvalue weighted by Gasteiger charge is 2.20. The number of rotatable bonds is 5. The van der Waals surface area contributed by atoms with Crippen LogP contribution in [0.15, 0.2) is 85.0 Å². The van der Waals surface area contributed by atoms with Crippen LogP contribution < -0.4 is 10.6 Å². The molecule has 0 saturated carbocycles. The molecule has 1 nitrogen and oxygen atoms in total. The fourth-order valence-electron chi connectivity index (χ4n) is 2.47. The molecule has 0 saturated heterocycles. The first kappa shape index (κ1) is 16.1. The van der Waals surface area contributed by atoms with Crippen molar-refractivity contribution in [2.45, 2.75) is 6.92 Å². The SMILES string of the molecule is C/C=C\C=C/CP(=CC#N)(c1ccccc1)c1ccccc1. The first-order chi connectivity index (χ1) is 10.8. The van der Waals surface area contributed by atoms with Crippen LogP contribution in [0.5, 0.6) is 0 Å². The predicted octanol–water partition coefficient (Wildman–Crippen LogP) is 4.11. The van der Waals surface area contributed by atoms with E-state index in [2.05, 4.69) is 42.5 Å². The van der Waals surface area contributed by atoms with Crippen molar-refractivity contribution in [1.82, 2.24) is 0 Å². The van der Waals surface area contributed by atoms with Gasteiger partial charge in [-0.15, -0.1) is 0 Å². The van der Waals surface area contributed by atoms with Gasteiger partial charge in [-0.3, -0.25) is 0 Å². The van der Waals surface area contributed by atoms with Gasteiger partial charge in [0.15, 0.2) is 0 Å². The van der Waals surface area contributed by atoms with E-state index in [9.17, 15) is 5.26 Å². The highest BCUT2D eigenvalue weighted by molar-refractivity contribution is 7.88. The molecule has 0 radical (unpaired) electrons. The molecule has 2 aromatic rings. The van der Waals surface area contributed by atoms with Crippen LogP contribution in [0.3, 0.4) is 0 Å². The molecule has 0 N–H and O–H groups in total. The van der Waals surface area contributed by atoms with E-state index in [1.807, 2.05) is 61.3 Å². The minimum absolute atomic E-state index is 0.860. The van der Waals surface area contributed by atoms with Crippen LogP contribution in [0.1, 0.15) is 6.92 Å². The number of nitriles is 1. The minimum atomic E-state index is -1.85. The van der Waals surface area contributed by atoms with Gasteiger partial charge < -0.3 is 0 Å². The second kappa shape index (κ2) is 8.23. The zero-order valence-corrected chi connectivity index (χ0v) is 13.7. The Labute approximate surface area is 133 Å². The summed E-state index contributed by atoms with van der Waals surface area (Å²) in [5, 5.41) is 11.9. The van der Waals surface area contributed by atoms with Crippen molar-refractivity contribution in [2.24, 2.45) is 0 Å². The maximum absolute atomic E-state index is 9.41. The van der Waals surface area contributed by atoms with Crippen LogP contribution in [0, 0.1) is 11.3 Å². The van der Waals surface area contributed by atoms with Gasteiger partial charge in [-0.2, -0.15) is 5.26 Å². The minimum Gasteiger partial charge on any atom is -0.193 e. The summed E-state index contributed by atoms with van der Waals surface area (Å²) < 4.78 is 0. The van der Waals surface area contributed by atoms with Gasteiger partial charge in [-0.05, 0) is 30.6 Å². The molecule has 0 aliphatic heterocycles. The van der Waals surface area contributed by atoms with Crippen molar-refractivity contribution in [3.63, 3.8) is 0 Å². The molecule has 0 spiro atoms. The van der Waals surface area contributed by atoms with E-state index in [0.717, 1.165) is 6.16 Å². The smallest absolute Gasteiger partial charge is 0.0920 e. The number of nitrogens with zero attached hydrogens (tertiary/aromatic N) is 1. The van der Waals surface area contributed by atoms with Gasteiger partial charge in [0.1, 0.15) is 0 Å². The normalized spacial score (nSPS) is 11.6. The summed E-state index contributed by atoms with van der Waals surface area (Å²) in [4.78, 5) is 0. The Kier molecular flexibility index (Phi) is 6.01. The molecule has 2 heteroatoms. The molecule has 0 heterocycles. The van der Waals surface area contributed by atoms with Gasteiger partial charge >= 0.3 is 0 Å². The van der Waals surface area contributed by atoms with Crippen LogP contribution in [-0.2, 0) is 0 Å². The molecular weight excluding hydrogens is 285 g/mol. The largest absolute Gasteiger partial charge is 0.193 e. The molecule has 0 bridgehead atoms. The van der Waals surface area contributed by atoms with Crippen LogP contribution in [0.4, 0.5) is 0 Å². The highest BCUT2D eigenvalue weighted by atomic mass is 31.2. The Hall–Kier alpha value is -2.29. The van der Waals surface area contributed by atoms with Crippen molar-refractivity contribution >= 4 is 23.3 Å². The van der Waals surface area contributed by atoms with Gasteiger partial charge in [0.05, 0.1) is 6.07 Å². The van der Waals surface area contributed by atoms with E-state index in [4.69, 9.17) is 0 Å². The molecule has 0 fully saturated rings. The van der Waals surface area contributed by atoms with Gasteiger partial charge in [0.2, 0.25) is 0 Å². The van der Waals surface area contributed by atoms with Crippen molar-refractivity contribution < 1.29 is 0 Å². The molecule has 0 aromatic heterocycles. The highest BCUT2D eigenvalue weighted by Crippen LogP contribution is 2.44. The molecule has 0 aliphatic carbocycles. The van der Waals surface area contributed by atoms with E-state index in [-0.39, 0.29) is 0 Å². The van der Waals surface area contributed by atoms with Crippen molar-refractivity contribution in [3.8, 4) is 6.07 Å². The number of allylic oxidation sites excluding steroid dienone is 4. The third-order valence-corrected chi connectivity index (χ3v) is 7.33. The molecule has 0 amide bonds. The topological polar surface area (TPSA) is 23.8 Å². The summed E-state index contributed by atoms with van der Waals surface area (Å²) in [5.41, 5.74) is 0. The molecule has 0 unspecified atom stereocenters. The Morgan fingerprint density at radius 3 is 1.91 bits per heavy atom. The third kappa shape index (κ3) is 3.67. The molecular formula is C20H20NP. The van der Waals surface area contributed by atoms with E-state index >= 15 is 0 Å². The van der Waals surface area contributed by atoms with E-state index < -0.39 is 6.89 Å². The van der Waals surface area contributed by atoms with Crippen molar-refractivity contribution in [2.75, 3.05) is 6.16 Å². The Balaban J connectivity index is 2.61. The predicted molar refractivity (Wildman–Crippen MR) is 99.6 cm³/mol.